The van der Waals surface area contributed by atoms with Crippen LogP contribution >= 0.6 is 15.9 Å². The van der Waals surface area contributed by atoms with Crippen molar-refractivity contribution in [2.45, 2.75) is 19.9 Å². The summed E-state index contributed by atoms with van der Waals surface area (Å²) in [4.78, 5) is 14.3. The monoisotopic (exact) mass is 346 g/mol. The first-order chi connectivity index (χ1) is 9.90. The van der Waals surface area contributed by atoms with E-state index in [1.54, 1.807) is 23.1 Å². The Morgan fingerprint density at radius 2 is 1.81 bits per heavy atom. The molecule has 0 fully saturated rings. The number of hydrogen-bond acceptors (Lipinski definition) is 2. The molecule has 1 unspecified atom stereocenters. The molecule has 0 saturated heterocycles. The molecule has 0 aliphatic heterocycles. The molecule has 0 heterocycles. The minimum Gasteiger partial charge on any atom is -0.398 e. The van der Waals surface area contributed by atoms with Crippen molar-refractivity contribution in [3.63, 3.8) is 0 Å². The van der Waals surface area contributed by atoms with Crippen LogP contribution in [0.25, 0.3) is 0 Å². The molecular formula is C17H19BrN2O. The minimum atomic E-state index is -0.0396. The highest BCUT2D eigenvalue weighted by molar-refractivity contribution is 9.10. The third-order valence-corrected chi connectivity index (χ3v) is 4.43. The van der Waals surface area contributed by atoms with E-state index in [4.69, 9.17) is 5.73 Å². The molecule has 0 spiro atoms. The van der Waals surface area contributed by atoms with Crippen LogP contribution < -0.4 is 5.73 Å². The number of aryl methyl sites for hydroxylation is 1. The smallest absolute Gasteiger partial charge is 0.254 e. The molecule has 2 aromatic carbocycles. The summed E-state index contributed by atoms with van der Waals surface area (Å²) in [5.41, 5.74) is 9.33. The van der Waals surface area contributed by atoms with Crippen LogP contribution in [0.2, 0.25) is 0 Å². The van der Waals surface area contributed by atoms with Crippen molar-refractivity contribution >= 4 is 27.5 Å². The molecule has 110 valence electrons. The zero-order valence-electron chi connectivity index (χ0n) is 12.4. The minimum absolute atomic E-state index is 0.00275. The fraction of sp³-hybridized carbons (Fsp3) is 0.235. The molecule has 0 aromatic heterocycles. The van der Waals surface area contributed by atoms with Crippen molar-refractivity contribution in [3.8, 4) is 0 Å². The Kier molecular flexibility index (Phi) is 4.68. The summed E-state index contributed by atoms with van der Waals surface area (Å²) in [6, 6.07) is 13.5. The average molecular weight is 347 g/mol. The molecule has 0 saturated carbocycles. The molecule has 2 N–H and O–H groups in total. The summed E-state index contributed by atoms with van der Waals surface area (Å²) in [6.07, 6.45) is 0. The third-order valence-electron chi connectivity index (χ3n) is 3.70. The largest absolute Gasteiger partial charge is 0.398 e. The van der Waals surface area contributed by atoms with Crippen LogP contribution in [0, 0.1) is 6.92 Å². The first kappa shape index (κ1) is 15.6. The second kappa shape index (κ2) is 6.31. The number of hydrogen-bond donors (Lipinski definition) is 1. The first-order valence-corrected chi connectivity index (χ1v) is 7.58. The number of carbonyl (C=O) groups is 1. The van der Waals surface area contributed by atoms with E-state index in [0.717, 1.165) is 10.0 Å². The topological polar surface area (TPSA) is 46.3 Å². The van der Waals surface area contributed by atoms with E-state index < -0.39 is 0 Å². The van der Waals surface area contributed by atoms with Gasteiger partial charge in [0.25, 0.3) is 5.91 Å². The van der Waals surface area contributed by atoms with Gasteiger partial charge in [0.15, 0.2) is 0 Å². The van der Waals surface area contributed by atoms with E-state index in [-0.39, 0.29) is 11.9 Å². The van der Waals surface area contributed by atoms with Crippen molar-refractivity contribution < 1.29 is 4.79 Å². The van der Waals surface area contributed by atoms with Crippen molar-refractivity contribution in [2.75, 3.05) is 12.8 Å². The van der Waals surface area contributed by atoms with E-state index in [2.05, 4.69) is 40.2 Å². The van der Waals surface area contributed by atoms with E-state index in [1.807, 2.05) is 20.9 Å². The molecule has 2 aromatic rings. The van der Waals surface area contributed by atoms with Crippen LogP contribution in [0.5, 0.6) is 0 Å². The number of amides is 1. The third kappa shape index (κ3) is 3.45. The number of halogens is 1. The number of nitrogens with two attached hydrogens (primary N) is 1. The van der Waals surface area contributed by atoms with Crippen molar-refractivity contribution in [1.29, 1.82) is 0 Å². The van der Waals surface area contributed by atoms with Gasteiger partial charge in [-0.15, -0.1) is 0 Å². The summed E-state index contributed by atoms with van der Waals surface area (Å²) in [5.74, 6) is -0.0396. The maximum Gasteiger partial charge on any atom is 0.254 e. The summed E-state index contributed by atoms with van der Waals surface area (Å²) in [5, 5.41) is 0. The van der Waals surface area contributed by atoms with Gasteiger partial charge in [0.1, 0.15) is 0 Å². The lowest BCUT2D eigenvalue weighted by molar-refractivity contribution is 0.0742. The number of nitrogens with zero attached hydrogens (tertiary/aromatic N) is 1. The standard InChI is InChI=1S/C17H19BrN2O/c1-11-4-6-13(7-5-11)12(2)20(3)17(21)14-8-9-15(18)16(19)10-14/h4-10,12H,19H2,1-3H3. The second-order valence-corrected chi connectivity index (χ2v) is 6.09. The number of rotatable bonds is 3. The van der Waals surface area contributed by atoms with Gasteiger partial charge in [-0.05, 0) is 53.5 Å². The Hall–Kier alpha value is -1.81. The van der Waals surface area contributed by atoms with Gasteiger partial charge in [-0.3, -0.25) is 4.79 Å². The van der Waals surface area contributed by atoms with Gasteiger partial charge in [-0.25, -0.2) is 0 Å². The Morgan fingerprint density at radius 3 is 2.38 bits per heavy atom. The summed E-state index contributed by atoms with van der Waals surface area (Å²) >= 11 is 3.34. The van der Waals surface area contributed by atoms with Gasteiger partial charge in [0.05, 0.1) is 6.04 Å². The van der Waals surface area contributed by atoms with E-state index in [1.165, 1.54) is 5.56 Å². The molecule has 21 heavy (non-hydrogen) atoms. The molecule has 4 heteroatoms. The van der Waals surface area contributed by atoms with Crippen LogP contribution in [0.1, 0.15) is 34.5 Å². The predicted molar refractivity (Wildman–Crippen MR) is 90.2 cm³/mol. The van der Waals surface area contributed by atoms with Crippen LogP contribution in [0.15, 0.2) is 46.9 Å². The molecule has 0 bridgehead atoms. The van der Waals surface area contributed by atoms with Gasteiger partial charge >= 0.3 is 0 Å². The number of carbonyl (C=O) groups excluding carboxylic acids is 1. The number of nitrogen functional groups attached to an aromatic ring is 1. The molecule has 1 amide bonds. The Bertz CT molecular complexity index is 652. The Morgan fingerprint density at radius 1 is 1.19 bits per heavy atom. The fourth-order valence-corrected chi connectivity index (χ4v) is 2.37. The van der Waals surface area contributed by atoms with Crippen molar-refractivity contribution in [3.05, 3.63) is 63.6 Å². The summed E-state index contributed by atoms with van der Waals surface area (Å²) < 4.78 is 0.799. The van der Waals surface area contributed by atoms with Crippen LogP contribution in [-0.4, -0.2) is 17.9 Å². The van der Waals surface area contributed by atoms with E-state index >= 15 is 0 Å². The predicted octanol–water partition coefficient (Wildman–Crippen LogP) is 4.17. The highest BCUT2D eigenvalue weighted by Gasteiger charge is 2.19. The highest BCUT2D eigenvalue weighted by atomic mass is 79.9. The van der Waals surface area contributed by atoms with Crippen molar-refractivity contribution in [1.82, 2.24) is 4.90 Å². The number of benzene rings is 2. The van der Waals surface area contributed by atoms with Crippen LogP contribution in [-0.2, 0) is 0 Å². The SMILES string of the molecule is Cc1ccc(C(C)N(C)C(=O)c2ccc(Br)c(N)c2)cc1. The summed E-state index contributed by atoms with van der Waals surface area (Å²) in [6.45, 7) is 4.07. The molecule has 0 aliphatic carbocycles. The van der Waals surface area contributed by atoms with Crippen LogP contribution in [0.3, 0.4) is 0 Å². The zero-order valence-corrected chi connectivity index (χ0v) is 14.0. The second-order valence-electron chi connectivity index (χ2n) is 5.24. The molecule has 0 aliphatic rings. The fourth-order valence-electron chi connectivity index (χ4n) is 2.12. The molecular weight excluding hydrogens is 328 g/mol. The van der Waals surface area contributed by atoms with Gasteiger partial charge < -0.3 is 10.6 Å². The molecule has 0 radical (unpaired) electrons. The lowest BCUT2D eigenvalue weighted by Crippen LogP contribution is -2.29. The summed E-state index contributed by atoms with van der Waals surface area (Å²) in [7, 11) is 1.81. The van der Waals surface area contributed by atoms with E-state index in [9.17, 15) is 4.79 Å². The molecule has 1 atom stereocenters. The van der Waals surface area contributed by atoms with Gasteiger partial charge in [0.2, 0.25) is 0 Å². The normalized spacial score (nSPS) is 12.0. The lowest BCUT2D eigenvalue weighted by Gasteiger charge is -2.25. The van der Waals surface area contributed by atoms with E-state index in [0.29, 0.717) is 11.3 Å². The number of anilines is 1. The average Bonchev–Trinajstić information content (AvgIpc) is 2.48. The molecule has 3 nitrogen and oxygen atoms in total. The maximum absolute atomic E-state index is 12.5. The van der Waals surface area contributed by atoms with Gasteiger partial charge in [0, 0.05) is 22.8 Å². The van der Waals surface area contributed by atoms with Crippen molar-refractivity contribution in [2.24, 2.45) is 0 Å². The molecule has 2 rings (SSSR count). The lowest BCUT2D eigenvalue weighted by atomic mass is 10.0. The quantitative estimate of drug-likeness (QED) is 0.847. The highest BCUT2D eigenvalue weighted by Crippen LogP contribution is 2.24. The van der Waals surface area contributed by atoms with Gasteiger partial charge in [-0.2, -0.15) is 0 Å². The first-order valence-electron chi connectivity index (χ1n) is 6.79. The zero-order chi connectivity index (χ0) is 15.6. The maximum atomic E-state index is 12.5. The Balaban J connectivity index is 2.21. The Labute approximate surface area is 133 Å². The van der Waals surface area contributed by atoms with Crippen LogP contribution in [0.4, 0.5) is 5.69 Å². The van der Waals surface area contributed by atoms with Gasteiger partial charge in [-0.1, -0.05) is 29.8 Å².